The van der Waals surface area contributed by atoms with Crippen LogP contribution in [0.3, 0.4) is 0 Å². The average molecular weight is 533 g/mol. The van der Waals surface area contributed by atoms with Crippen LogP contribution in [-0.2, 0) is 35.4 Å². The zero-order chi connectivity index (χ0) is 27.2. The molecule has 0 saturated heterocycles. The van der Waals surface area contributed by atoms with Crippen molar-refractivity contribution in [3.05, 3.63) is 68.9 Å². The van der Waals surface area contributed by atoms with Crippen molar-refractivity contribution in [2.24, 2.45) is 0 Å². The van der Waals surface area contributed by atoms with E-state index in [9.17, 15) is 14.9 Å². The fourth-order valence-corrected chi connectivity index (χ4v) is 5.93. The van der Waals surface area contributed by atoms with Crippen LogP contribution in [0, 0.1) is 25.2 Å². The number of hydrogen-bond donors (Lipinski definition) is 1. The van der Waals surface area contributed by atoms with Gasteiger partial charge in [-0.05, 0) is 50.3 Å². The molecule has 0 bridgehead atoms. The number of anilines is 1. The summed E-state index contributed by atoms with van der Waals surface area (Å²) in [6.07, 6.45) is 2.27. The summed E-state index contributed by atoms with van der Waals surface area (Å²) < 4.78 is 10.7. The second kappa shape index (κ2) is 12.1. The number of thiophene rings is 1. The van der Waals surface area contributed by atoms with Gasteiger partial charge in [0.2, 0.25) is 11.8 Å². The van der Waals surface area contributed by atoms with E-state index >= 15 is 0 Å². The SMILES string of the molecule is COc1cc(C)nc(CCC(=O)N2CCc3c(sc(NC(=O)CCc4cc(C)ccc4OC)c3C#N)C2)c1. The van der Waals surface area contributed by atoms with Crippen molar-refractivity contribution >= 4 is 28.2 Å². The monoisotopic (exact) mass is 532 g/mol. The molecule has 3 heterocycles. The highest BCUT2D eigenvalue weighted by atomic mass is 32.1. The third kappa shape index (κ3) is 6.32. The number of hydrogen-bond acceptors (Lipinski definition) is 7. The van der Waals surface area contributed by atoms with Crippen molar-refractivity contribution in [1.82, 2.24) is 9.88 Å². The maximum atomic E-state index is 13.0. The zero-order valence-corrected chi connectivity index (χ0v) is 23.0. The second-order valence-electron chi connectivity index (χ2n) is 9.39. The van der Waals surface area contributed by atoms with E-state index < -0.39 is 0 Å². The largest absolute Gasteiger partial charge is 0.497 e. The third-order valence-corrected chi connectivity index (χ3v) is 7.77. The number of fused-ring (bicyclic) bond motifs is 1. The van der Waals surface area contributed by atoms with Crippen LogP contribution in [0.2, 0.25) is 0 Å². The molecule has 2 aromatic heterocycles. The lowest BCUT2D eigenvalue weighted by molar-refractivity contribution is -0.132. The first-order valence-corrected chi connectivity index (χ1v) is 13.4. The van der Waals surface area contributed by atoms with E-state index in [1.807, 2.05) is 49.1 Å². The number of methoxy groups -OCH3 is 2. The van der Waals surface area contributed by atoms with Crippen LogP contribution in [0.4, 0.5) is 5.00 Å². The molecule has 0 unspecified atom stereocenters. The summed E-state index contributed by atoms with van der Waals surface area (Å²) in [5, 5.41) is 13.3. The number of nitrogens with zero attached hydrogens (tertiary/aromatic N) is 3. The number of aromatic nitrogens is 1. The smallest absolute Gasteiger partial charge is 0.225 e. The number of carbonyl (C=O) groups is 2. The van der Waals surface area contributed by atoms with E-state index in [0.717, 1.165) is 44.5 Å². The molecule has 4 rings (SSSR count). The van der Waals surface area contributed by atoms with Crippen LogP contribution in [0.15, 0.2) is 30.3 Å². The first-order chi connectivity index (χ1) is 18.3. The Balaban J connectivity index is 1.38. The number of nitrogens with one attached hydrogen (secondary N) is 1. The van der Waals surface area contributed by atoms with Gasteiger partial charge in [-0.25, -0.2) is 0 Å². The van der Waals surface area contributed by atoms with Crippen molar-refractivity contribution in [2.75, 3.05) is 26.1 Å². The second-order valence-corrected chi connectivity index (χ2v) is 10.5. The zero-order valence-electron chi connectivity index (χ0n) is 22.2. The number of benzene rings is 1. The molecule has 1 aromatic carbocycles. The minimum Gasteiger partial charge on any atom is -0.497 e. The summed E-state index contributed by atoms with van der Waals surface area (Å²) in [6.45, 7) is 4.89. The molecule has 1 aliphatic rings. The van der Waals surface area contributed by atoms with Crippen molar-refractivity contribution < 1.29 is 19.1 Å². The Morgan fingerprint density at radius 3 is 2.68 bits per heavy atom. The quantitative estimate of drug-likeness (QED) is 0.427. The van der Waals surface area contributed by atoms with Crippen molar-refractivity contribution in [3.8, 4) is 17.6 Å². The van der Waals surface area contributed by atoms with Gasteiger partial charge in [0.1, 0.15) is 22.6 Å². The van der Waals surface area contributed by atoms with Crippen LogP contribution in [-0.4, -0.2) is 42.5 Å². The molecule has 0 aliphatic carbocycles. The van der Waals surface area contributed by atoms with Crippen LogP contribution in [0.25, 0.3) is 0 Å². The Morgan fingerprint density at radius 1 is 1.13 bits per heavy atom. The van der Waals surface area contributed by atoms with E-state index in [4.69, 9.17) is 9.47 Å². The predicted molar refractivity (Wildman–Crippen MR) is 147 cm³/mol. The summed E-state index contributed by atoms with van der Waals surface area (Å²) in [4.78, 5) is 33.0. The Morgan fingerprint density at radius 2 is 1.95 bits per heavy atom. The molecule has 2 amide bonds. The van der Waals surface area contributed by atoms with Crippen molar-refractivity contribution in [3.63, 3.8) is 0 Å². The molecule has 0 fully saturated rings. The summed E-state index contributed by atoms with van der Waals surface area (Å²) in [5.74, 6) is 1.38. The topological polar surface area (TPSA) is 105 Å². The molecule has 9 heteroatoms. The first-order valence-electron chi connectivity index (χ1n) is 12.6. The molecule has 1 N–H and O–H groups in total. The molecule has 1 aliphatic heterocycles. The highest BCUT2D eigenvalue weighted by molar-refractivity contribution is 7.16. The molecular formula is C29H32N4O4S. The predicted octanol–water partition coefficient (Wildman–Crippen LogP) is 4.74. The highest BCUT2D eigenvalue weighted by Crippen LogP contribution is 2.37. The van der Waals surface area contributed by atoms with Crippen LogP contribution >= 0.6 is 11.3 Å². The van der Waals surface area contributed by atoms with Crippen molar-refractivity contribution in [2.45, 2.75) is 52.5 Å². The molecule has 198 valence electrons. The van der Waals surface area contributed by atoms with Crippen molar-refractivity contribution in [1.29, 1.82) is 5.26 Å². The van der Waals surface area contributed by atoms with Crippen LogP contribution in [0.1, 0.15) is 51.4 Å². The lowest BCUT2D eigenvalue weighted by atomic mass is 10.0. The van der Waals surface area contributed by atoms with Gasteiger partial charge in [-0.1, -0.05) is 17.7 Å². The van der Waals surface area contributed by atoms with Gasteiger partial charge < -0.3 is 19.7 Å². The van der Waals surface area contributed by atoms with Gasteiger partial charge in [-0.15, -0.1) is 11.3 Å². The molecular weight excluding hydrogens is 500 g/mol. The van der Waals surface area contributed by atoms with Gasteiger partial charge in [-0.3, -0.25) is 14.6 Å². The minimum atomic E-state index is -0.155. The number of pyridine rings is 1. The number of rotatable bonds is 9. The van der Waals surface area contributed by atoms with E-state index in [2.05, 4.69) is 16.4 Å². The van der Waals surface area contributed by atoms with Gasteiger partial charge in [-0.2, -0.15) is 5.26 Å². The fraction of sp³-hybridized carbons (Fsp3) is 0.379. The number of amides is 2. The Hall–Kier alpha value is -3.90. The lowest BCUT2D eigenvalue weighted by Gasteiger charge is -2.27. The molecule has 8 nitrogen and oxygen atoms in total. The van der Waals surface area contributed by atoms with E-state index in [-0.39, 0.29) is 18.2 Å². The number of nitriles is 1. The van der Waals surface area contributed by atoms with Gasteiger partial charge in [0.15, 0.2) is 0 Å². The van der Waals surface area contributed by atoms with Gasteiger partial charge in [0.25, 0.3) is 0 Å². The highest BCUT2D eigenvalue weighted by Gasteiger charge is 2.27. The molecule has 3 aromatic rings. The standard InChI is InChI=1S/C29H32N4O4S/c1-18-5-8-25(37-4)20(13-18)6-9-27(34)32-29-24(16-30)23-11-12-33(17-26(23)38-29)28(35)10-7-21-15-22(36-3)14-19(2)31-21/h5,8,13-15H,6-7,9-12,17H2,1-4H3,(H,32,34). The normalized spacial score (nSPS) is 12.4. The molecule has 0 spiro atoms. The first kappa shape index (κ1) is 27.1. The number of carbonyl (C=O) groups excluding carboxylic acids is 2. The van der Waals surface area contributed by atoms with E-state index in [1.54, 1.807) is 14.2 Å². The maximum absolute atomic E-state index is 13.0. The van der Waals surface area contributed by atoms with Gasteiger partial charge in [0, 0.05) is 47.8 Å². The lowest BCUT2D eigenvalue weighted by Crippen LogP contribution is -2.35. The Labute approximate surface area is 227 Å². The van der Waals surface area contributed by atoms with Crippen LogP contribution < -0.4 is 14.8 Å². The molecule has 0 saturated carbocycles. The van der Waals surface area contributed by atoms with E-state index in [0.29, 0.717) is 49.3 Å². The average Bonchev–Trinajstić information content (AvgIpc) is 3.26. The Kier molecular flexibility index (Phi) is 8.64. The van der Waals surface area contributed by atoms with Gasteiger partial charge in [0.05, 0.1) is 26.3 Å². The molecule has 38 heavy (non-hydrogen) atoms. The number of aryl methyl sites for hydroxylation is 4. The van der Waals surface area contributed by atoms with Crippen LogP contribution in [0.5, 0.6) is 11.5 Å². The summed E-state index contributed by atoms with van der Waals surface area (Å²) in [6, 6.07) is 11.9. The molecule has 0 radical (unpaired) electrons. The summed E-state index contributed by atoms with van der Waals surface area (Å²) in [7, 11) is 3.23. The third-order valence-electron chi connectivity index (χ3n) is 6.64. The Bertz CT molecular complexity index is 1390. The fourth-order valence-electron chi connectivity index (χ4n) is 4.70. The minimum absolute atomic E-state index is 0.0440. The van der Waals surface area contributed by atoms with E-state index in [1.165, 1.54) is 11.3 Å². The molecule has 0 atom stereocenters. The summed E-state index contributed by atoms with van der Waals surface area (Å²) in [5.41, 5.74) is 5.20. The maximum Gasteiger partial charge on any atom is 0.225 e. The van der Waals surface area contributed by atoms with Gasteiger partial charge >= 0.3 is 0 Å². The number of ether oxygens (including phenoxy) is 2. The summed E-state index contributed by atoms with van der Waals surface area (Å²) >= 11 is 1.39.